The standard InChI is InChI=1S/C10H9BrF3NO/c11-6-1-3-7(4-2-6)15-9(16)5-8(12)10(13)14/h1-4,8,10H,5H2,(H,15,16). The number of halogens is 4. The van der Waals surface area contributed by atoms with E-state index in [4.69, 9.17) is 0 Å². The Balaban J connectivity index is 2.48. The number of anilines is 1. The Morgan fingerprint density at radius 3 is 2.31 bits per heavy atom. The molecule has 1 rings (SSSR count). The fourth-order valence-corrected chi connectivity index (χ4v) is 1.28. The third-order valence-corrected chi connectivity index (χ3v) is 2.31. The largest absolute Gasteiger partial charge is 0.326 e. The Bertz CT molecular complexity index is 356. The summed E-state index contributed by atoms with van der Waals surface area (Å²) in [4.78, 5) is 11.1. The van der Waals surface area contributed by atoms with Crippen molar-refractivity contribution in [1.82, 2.24) is 0 Å². The maximum Gasteiger partial charge on any atom is 0.269 e. The van der Waals surface area contributed by atoms with Crippen molar-refractivity contribution in [1.29, 1.82) is 0 Å². The topological polar surface area (TPSA) is 29.1 Å². The molecule has 0 aliphatic heterocycles. The van der Waals surface area contributed by atoms with Gasteiger partial charge in [-0.15, -0.1) is 0 Å². The Morgan fingerprint density at radius 1 is 1.25 bits per heavy atom. The molecule has 16 heavy (non-hydrogen) atoms. The summed E-state index contributed by atoms with van der Waals surface area (Å²) < 4.78 is 37.0. The number of rotatable bonds is 4. The molecule has 0 fully saturated rings. The first-order valence-corrected chi connectivity index (χ1v) is 5.26. The van der Waals surface area contributed by atoms with Crippen molar-refractivity contribution in [3.8, 4) is 0 Å². The fraction of sp³-hybridized carbons (Fsp3) is 0.300. The van der Waals surface area contributed by atoms with Crippen LogP contribution in [0.3, 0.4) is 0 Å². The molecule has 1 aromatic carbocycles. The molecule has 0 aliphatic carbocycles. The molecule has 1 N–H and O–H groups in total. The molecule has 1 unspecified atom stereocenters. The quantitative estimate of drug-likeness (QED) is 0.906. The molecule has 6 heteroatoms. The number of carbonyl (C=O) groups is 1. The van der Waals surface area contributed by atoms with Crippen molar-refractivity contribution in [3.63, 3.8) is 0 Å². The van der Waals surface area contributed by atoms with Crippen LogP contribution in [0.4, 0.5) is 18.9 Å². The first kappa shape index (κ1) is 13.0. The normalized spacial score (nSPS) is 12.6. The summed E-state index contributed by atoms with van der Waals surface area (Å²) in [5.41, 5.74) is 0.440. The number of benzene rings is 1. The molecular formula is C10H9BrF3NO. The van der Waals surface area contributed by atoms with Crippen LogP contribution in [0, 0.1) is 0 Å². The van der Waals surface area contributed by atoms with Gasteiger partial charge < -0.3 is 5.32 Å². The molecule has 0 bridgehead atoms. The highest BCUT2D eigenvalue weighted by Crippen LogP contribution is 2.15. The van der Waals surface area contributed by atoms with Crippen LogP contribution in [0.2, 0.25) is 0 Å². The summed E-state index contributed by atoms with van der Waals surface area (Å²) in [6, 6.07) is 6.51. The highest BCUT2D eigenvalue weighted by molar-refractivity contribution is 9.10. The van der Waals surface area contributed by atoms with Crippen molar-refractivity contribution >= 4 is 27.5 Å². The van der Waals surface area contributed by atoms with Crippen molar-refractivity contribution in [2.75, 3.05) is 5.32 Å². The van der Waals surface area contributed by atoms with Crippen molar-refractivity contribution < 1.29 is 18.0 Å². The predicted octanol–water partition coefficient (Wildman–Crippen LogP) is 3.38. The second-order valence-corrected chi connectivity index (χ2v) is 4.03. The van der Waals surface area contributed by atoms with Gasteiger partial charge in [0.2, 0.25) is 5.91 Å². The summed E-state index contributed by atoms with van der Waals surface area (Å²) >= 11 is 3.20. The number of carbonyl (C=O) groups excluding carboxylic acids is 1. The van der Waals surface area contributed by atoms with Gasteiger partial charge in [0.05, 0.1) is 6.42 Å². The average molecular weight is 296 g/mol. The summed E-state index contributed by atoms with van der Waals surface area (Å²) in [7, 11) is 0. The lowest BCUT2D eigenvalue weighted by Crippen LogP contribution is -2.22. The maximum absolute atomic E-state index is 12.5. The van der Waals surface area contributed by atoms with Crippen LogP contribution < -0.4 is 5.32 Å². The van der Waals surface area contributed by atoms with Gasteiger partial charge in [0, 0.05) is 10.2 Å². The molecule has 1 amide bonds. The average Bonchev–Trinajstić information content (AvgIpc) is 2.21. The Morgan fingerprint density at radius 2 is 1.81 bits per heavy atom. The first-order valence-electron chi connectivity index (χ1n) is 4.46. The van der Waals surface area contributed by atoms with E-state index < -0.39 is 24.9 Å². The molecule has 1 aromatic rings. The Kier molecular flexibility index (Phi) is 4.79. The fourth-order valence-electron chi connectivity index (χ4n) is 1.01. The minimum Gasteiger partial charge on any atom is -0.326 e. The van der Waals surface area contributed by atoms with Crippen LogP contribution in [0.15, 0.2) is 28.7 Å². The van der Waals surface area contributed by atoms with E-state index in [0.29, 0.717) is 5.69 Å². The van der Waals surface area contributed by atoms with Crippen LogP contribution in [-0.4, -0.2) is 18.5 Å². The third-order valence-electron chi connectivity index (χ3n) is 1.78. The number of amides is 1. The van der Waals surface area contributed by atoms with Gasteiger partial charge in [-0.3, -0.25) is 4.79 Å². The highest BCUT2D eigenvalue weighted by atomic mass is 79.9. The van der Waals surface area contributed by atoms with Gasteiger partial charge in [0.1, 0.15) is 0 Å². The van der Waals surface area contributed by atoms with Gasteiger partial charge in [-0.2, -0.15) is 0 Å². The van der Waals surface area contributed by atoms with Crippen LogP contribution in [0.25, 0.3) is 0 Å². The summed E-state index contributed by atoms with van der Waals surface area (Å²) in [6.45, 7) is 0. The number of alkyl halides is 3. The summed E-state index contributed by atoms with van der Waals surface area (Å²) in [5.74, 6) is -0.768. The monoisotopic (exact) mass is 295 g/mol. The van der Waals surface area contributed by atoms with Gasteiger partial charge in [0.25, 0.3) is 6.43 Å². The van der Waals surface area contributed by atoms with Crippen LogP contribution in [0.1, 0.15) is 6.42 Å². The van der Waals surface area contributed by atoms with Crippen LogP contribution >= 0.6 is 15.9 Å². The number of nitrogens with one attached hydrogen (secondary N) is 1. The van der Waals surface area contributed by atoms with E-state index in [-0.39, 0.29) is 0 Å². The van der Waals surface area contributed by atoms with E-state index in [9.17, 15) is 18.0 Å². The molecule has 0 aromatic heterocycles. The SMILES string of the molecule is O=C(CC(F)C(F)F)Nc1ccc(Br)cc1. The van der Waals surface area contributed by atoms with E-state index in [0.717, 1.165) is 4.47 Å². The van der Waals surface area contributed by atoms with Crippen LogP contribution in [-0.2, 0) is 4.79 Å². The van der Waals surface area contributed by atoms with Crippen molar-refractivity contribution in [2.45, 2.75) is 19.0 Å². The van der Waals surface area contributed by atoms with Gasteiger partial charge in [-0.1, -0.05) is 15.9 Å². The zero-order valence-corrected chi connectivity index (χ0v) is 9.68. The highest BCUT2D eigenvalue weighted by Gasteiger charge is 2.22. The van der Waals surface area contributed by atoms with Gasteiger partial charge in [-0.05, 0) is 24.3 Å². The smallest absolute Gasteiger partial charge is 0.269 e. The van der Waals surface area contributed by atoms with Gasteiger partial charge >= 0.3 is 0 Å². The molecular weight excluding hydrogens is 287 g/mol. The predicted molar refractivity (Wildman–Crippen MR) is 58.3 cm³/mol. The zero-order valence-electron chi connectivity index (χ0n) is 8.09. The zero-order chi connectivity index (χ0) is 12.1. The number of hydrogen-bond donors (Lipinski definition) is 1. The van der Waals surface area contributed by atoms with E-state index in [1.54, 1.807) is 24.3 Å². The second kappa shape index (κ2) is 5.89. The maximum atomic E-state index is 12.5. The second-order valence-electron chi connectivity index (χ2n) is 3.11. The molecule has 0 heterocycles. The molecule has 0 saturated heterocycles. The molecule has 0 aliphatic rings. The molecule has 1 atom stereocenters. The van der Waals surface area contributed by atoms with E-state index >= 15 is 0 Å². The summed E-state index contributed by atoms with van der Waals surface area (Å²) in [6.07, 6.45) is -6.39. The Labute approximate surface area is 99.0 Å². The molecule has 88 valence electrons. The lowest BCUT2D eigenvalue weighted by Gasteiger charge is -2.08. The molecule has 0 spiro atoms. The Hall–Kier alpha value is -1.04. The molecule has 0 radical (unpaired) electrons. The van der Waals surface area contributed by atoms with Gasteiger partial charge in [-0.25, -0.2) is 13.2 Å². The van der Waals surface area contributed by atoms with Crippen LogP contribution in [0.5, 0.6) is 0 Å². The molecule has 0 saturated carbocycles. The minimum atomic E-state index is -3.13. The summed E-state index contributed by atoms with van der Waals surface area (Å²) in [5, 5.41) is 2.32. The lowest BCUT2D eigenvalue weighted by molar-refractivity contribution is -0.118. The third kappa shape index (κ3) is 4.22. The van der Waals surface area contributed by atoms with E-state index in [1.165, 1.54) is 0 Å². The minimum absolute atomic E-state index is 0.440. The lowest BCUT2D eigenvalue weighted by atomic mass is 10.2. The number of hydrogen-bond acceptors (Lipinski definition) is 1. The molecule has 2 nitrogen and oxygen atoms in total. The van der Waals surface area contributed by atoms with Crippen molar-refractivity contribution in [3.05, 3.63) is 28.7 Å². The first-order chi connectivity index (χ1) is 7.49. The van der Waals surface area contributed by atoms with E-state index in [1.807, 2.05) is 0 Å². The van der Waals surface area contributed by atoms with E-state index in [2.05, 4.69) is 21.2 Å². The van der Waals surface area contributed by atoms with Gasteiger partial charge in [0.15, 0.2) is 6.17 Å². The van der Waals surface area contributed by atoms with Crippen molar-refractivity contribution in [2.24, 2.45) is 0 Å².